The van der Waals surface area contributed by atoms with Crippen LogP contribution in [0.1, 0.15) is 39.0 Å². The minimum atomic E-state index is -0.750. The van der Waals surface area contributed by atoms with Crippen LogP contribution in [0.25, 0.3) is 0 Å². The Hall–Kier alpha value is 0.00338. The van der Waals surface area contributed by atoms with E-state index < -0.39 is 5.17 Å². The summed E-state index contributed by atoms with van der Waals surface area (Å²) in [6, 6.07) is 0. The summed E-state index contributed by atoms with van der Waals surface area (Å²) < 4.78 is 0. The van der Waals surface area contributed by atoms with Gasteiger partial charge >= 0.3 is 19.5 Å². The van der Waals surface area contributed by atoms with E-state index in [1.807, 2.05) is 0 Å². The second kappa shape index (κ2) is 9.08. The molecule has 0 unspecified atom stereocenters. The van der Waals surface area contributed by atoms with Gasteiger partial charge in [0.2, 0.25) is 0 Å². The van der Waals surface area contributed by atoms with Crippen LogP contribution in [0.2, 0.25) is 0 Å². The summed E-state index contributed by atoms with van der Waals surface area (Å²) in [5.41, 5.74) is 4.28. The van der Waals surface area contributed by atoms with Gasteiger partial charge in [-0.3, -0.25) is 0 Å². The van der Waals surface area contributed by atoms with Crippen molar-refractivity contribution in [2.75, 3.05) is 0 Å². The zero-order valence-corrected chi connectivity index (χ0v) is 14.1. The van der Waals surface area contributed by atoms with E-state index in [1.165, 1.54) is 19.3 Å². The second-order valence-electron chi connectivity index (χ2n) is 3.85. The molecule has 1 rings (SSSR count). The normalized spacial score (nSPS) is 17.1. The molecule has 1 saturated carbocycles. The molecule has 0 radical (unpaired) electrons. The molecule has 0 aliphatic heterocycles. The van der Waals surface area contributed by atoms with Gasteiger partial charge in [0.15, 0.2) is 0 Å². The van der Waals surface area contributed by atoms with Crippen molar-refractivity contribution in [3.05, 3.63) is 0 Å². The van der Waals surface area contributed by atoms with E-state index >= 15 is 0 Å². The van der Waals surface area contributed by atoms with Crippen LogP contribution in [0, 0.1) is 0 Å². The number of rotatable bonds is 1. The van der Waals surface area contributed by atoms with Gasteiger partial charge in [0.05, 0.1) is 0 Å². The Kier molecular flexibility index (Phi) is 10.4. The molecule has 0 aromatic heterocycles. The molecule has 0 spiro atoms. The fourth-order valence-electron chi connectivity index (χ4n) is 1.70. The first-order chi connectivity index (χ1) is 6.86. The van der Waals surface area contributed by atoms with Crippen molar-refractivity contribution in [2.45, 2.75) is 44.6 Å². The van der Waals surface area contributed by atoms with Crippen molar-refractivity contribution in [1.29, 1.82) is 0 Å². The minimum absolute atomic E-state index is 0. The average molecular weight is 314 g/mol. The summed E-state index contributed by atoms with van der Waals surface area (Å²) in [4.78, 5) is 0. The van der Waals surface area contributed by atoms with Gasteiger partial charge in [0.1, 0.15) is 0 Å². The molecule has 7 heteroatoms. The molecule has 0 saturated heterocycles. The fourth-order valence-corrected chi connectivity index (χ4v) is 1.95. The molecule has 0 atom stereocenters. The third-order valence-electron chi connectivity index (χ3n) is 2.36. The van der Waals surface area contributed by atoms with E-state index in [2.05, 4.69) is 42.4 Å². The van der Waals surface area contributed by atoms with E-state index in [1.54, 1.807) is 0 Å². The molecule has 0 aromatic carbocycles. The Labute approximate surface area is 120 Å². The molecule has 1 fully saturated rings. The summed E-state index contributed by atoms with van der Waals surface area (Å²) in [6.45, 7) is 2.08. The van der Waals surface area contributed by atoms with Gasteiger partial charge in [0, 0.05) is 15.9 Å². The molecule has 3 N–H and O–H groups in total. The largest absolute Gasteiger partial charge is 2.00 e. The van der Waals surface area contributed by atoms with Crippen LogP contribution in [-0.4, -0.2) is 15.9 Å². The Morgan fingerprint density at radius 1 is 1.19 bits per heavy atom. The third kappa shape index (κ3) is 10.5. The van der Waals surface area contributed by atoms with Crippen molar-refractivity contribution < 1.29 is 29.7 Å². The summed E-state index contributed by atoms with van der Waals surface area (Å²) in [5.74, 6) is 0. The van der Waals surface area contributed by atoms with Crippen LogP contribution in [0.3, 0.4) is 0 Å². The minimum Gasteiger partial charge on any atom is -0.852 e. The molecule has 1 aliphatic rings. The van der Waals surface area contributed by atoms with Crippen LogP contribution in [-0.2, 0) is 19.5 Å². The van der Waals surface area contributed by atoms with Crippen molar-refractivity contribution in [2.24, 2.45) is 5.73 Å². The second-order valence-corrected chi connectivity index (χ2v) is 4.63. The van der Waals surface area contributed by atoms with E-state index in [4.69, 9.17) is 5.11 Å². The van der Waals surface area contributed by atoms with E-state index in [0.29, 0.717) is 0 Å². The number of nitrogens with two attached hydrogens (primary N) is 1. The molecule has 88 valence electrons. The first kappa shape index (κ1) is 18.4. The van der Waals surface area contributed by atoms with E-state index in [9.17, 15) is 5.11 Å². The predicted molar refractivity (Wildman–Crippen MR) is 64.0 cm³/mol. The van der Waals surface area contributed by atoms with Gasteiger partial charge in [-0.05, 0) is 19.8 Å². The Morgan fingerprint density at radius 2 is 1.56 bits per heavy atom. The number of hydrogen-bond donors (Lipinski definition) is 2. The van der Waals surface area contributed by atoms with Crippen LogP contribution in [0.5, 0.6) is 0 Å². The Morgan fingerprint density at radius 3 is 1.88 bits per heavy atom. The SMILES string of the molecule is CC1(NC([O-])=S)CCCCC1.NC([O-])=S.[Zn+2]. The zero-order chi connectivity index (χ0) is 11.9. The van der Waals surface area contributed by atoms with Crippen molar-refractivity contribution >= 4 is 34.8 Å². The van der Waals surface area contributed by atoms with E-state index in [0.717, 1.165) is 12.8 Å². The molecule has 1 aliphatic carbocycles. The standard InChI is InChI=1S/C8H15NOS.CH3NOS.Zn/c1-8(9-7(10)11)5-3-2-4-6-8;2-1(3)4;/h2-6H2,1H3,(H2,9,10,11);(H3,2,3,4);/q;;+2/p-2. The Balaban J connectivity index is 0. The monoisotopic (exact) mass is 312 g/mol. The number of thiocarbonyl (C=S) groups is 2. The van der Waals surface area contributed by atoms with Gasteiger partial charge in [-0.1, -0.05) is 43.7 Å². The maximum atomic E-state index is 10.6. The van der Waals surface area contributed by atoms with Crippen molar-refractivity contribution in [1.82, 2.24) is 5.32 Å². The fraction of sp³-hybridized carbons (Fsp3) is 0.778. The molecule has 0 heterocycles. The summed E-state index contributed by atoms with van der Waals surface area (Å²) in [5, 5.41) is 21.4. The molecular formula is C9H16N2O2S2Zn. The quantitative estimate of drug-likeness (QED) is 0.503. The molecule has 0 amide bonds. The topological polar surface area (TPSA) is 84.2 Å². The summed E-state index contributed by atoms with van der Waals surface area (Å²) >= 11 is 8.24. The summed E-state index contributed by atoms with van der Waals surface area (Å²) in [7, 11) is 0. The molecular weight excluding hydrogens is 298 g/mol. The Bertz CT molecular complexity index is 230. The van der Waals surface area contributed by atoms with Crippen molar-refractivity contribution in [3.63, 3.8) is 0 Å². The van der Waals surface area contributed by atoms with Crippen molar-refractivity contribution in [3.8, 4) is 0 Å². The van der Waals surface area contributed by atoms with Crippen LogP contribution in [0.15, 0.2) is 0 Å². The summed E-state index contributed by atoms with van der Waals surface area (Å²) in [6.07, 6.45) is 5.88. The van der Waals surface area contributed by atoms with Crippen LogP contribution in [0.4, 0.5) is 0 Å². The average Bonchev–Trinajstić information content (AvgIpc) is 2.01. The van der Waals surface area contributed by atoms with Gasteiger partial charge in [-0.15, -0.1) is 0 Å². The van der Waals surface area contributed by atoms with E-state index in [-0.39, 0.29) is 30.2 Å². The first-order valence-electron chi connectivity index (χ1n) is 4.81. The number of nitrogens with one attached hydrogen (secondary N) is 1. The van der Waals surface area contributed by atoms with Gasteiger partial charge < -0.3 is 21.3 Å². The van der Waals surface area contributed by atoms with Crippen LogP contribution < -0.4 is 21.3 Å². The molecule has 0 aromatic rings. The molecule has 16 heavy (non-hydrogen) atoms. The zero-order valence-electron chi connectivity index (χ0n) is 9.45. The smallest absolute Gasteiger partial charge is 0.852 e. The molecule has 4 nitrogen and oxygen atoms in total. The third-order valence-corrected chi connectivity index (χ3v) is 2.46. The van der Waals surface area contributed by atoms with Gasteiger partial charge in [0.25, 0.3) is 0 Å². The first-order valence-corrected chi connectivity index (χ1v) is 5.63. The number of hydrogen-bond acceptors (Lipinski definition) is 4. The van der Waals surface area contributed by atoms with Crippen LogP contribution >= 0.6 is 24.4 Å². The maximum absolute atomic E-state index is 10.6. The van der Waals surface area contributed by atoms with Gasteiger partial charge in [-0.2, -0.15) is 0 Å². The predicted octanol–water partition coefficient (Wildman–Crippen LogP) is -0.468. The molecule has 0 bridgehead atoms. The maximum Gasteiger partial charge on any atom is 2.00 e. The van der Waals surface area contributed by atoms with Gasteiger partial charge in [-0.25, -0.2) is 0 Å².